The Morgan fingerprint density at radius 1 is 1.26 bits per heavy atom. The van der Waals surface area contributed by atoms with Gasteiger partial charge in [0.05, 0.1) is 6.54 Å². The molecule has 0 N–H and O–H groups in total. The van der Waals surface area contributed by atoms with Crippen molar-refractivity contribution < 1.29 is 69.8 Å². The number of hydrogen-bond donors (Lipinski definition) is 0. The van der Waals surface area contributed by atoms with Gasteiger partial charge in [-0.05, 0) is 24.7 Å². The molecular formula is C21H37F2KNO2-. The van der Waals surface area contributed by atoms with Gasteiger partial charge in [-0.3, -0.25) is 11.1 Å². The van der Waals surface area contributed by atoms with Gasteiger partial charge in [-0.25, -0.2) is 8.78 Å². The molecule has 0 aromatic carbocycles. The van der Waals surface area contributed by atoms with Gasteiger partial charge in [-0.15, -0.1) is 12.3 Å². The smallest absolute Gasteiger partial charge is 0.542 e. The molecule has 1 amide bonds. The van der Waals surface area contributed by atoms with Crippen LogP contribution in [0.2, 0.25) is 0 Å². The molecular weight excluding hydrogens is 375 g/mol. The van der Waals surface area contributed by atoms with Gasteiger partial charge in [0.1, 0.15) is 0 Å². The van der Waals surface area contributed by atoms with Gasteiger partial charge < -0.3 is 16.6 Å². The van der Waals surface area contributed by atoms with Crippen LogP contribution in [0.15, 0.2) is 0 Å². The third-order valence-electron chi connectivity index (χ3n) is 4.00. The first-order valence-electron chi connectivity index (χ1n) is 9.73. The summed E-state index contributed by atoms with van der Waals surface area (Å²) in [6, 6.07) is 0. The first kappa shape index (κ1) is 29.8. The van der Waals surface area contributed by atoms with Crippen molar-refractivity contribution in [3.63, 3.8) is 0 Å². The van der Waals surface area contributed by atoms with E-state index in [-0.39, 0.29) is 82.1 Å². The van der Waals surface area contributed by atoms with Crippen molar-refractivity contribution in [3.8, 4) is 0 Å². The largest absolute Gasteiger partial charge is 1.00 e. The van der Waals surface area contributed by atoms with E-state index in [2.05, 4.69) is 34.6 Å². The number of carbonyl (C=O) groups excluding carboxylic acids is 2. The van der Waals surface area contributed by atoms with Crippen LogP contribution >= 0.6 is 0 Å². The molecule has 1 atom stereocenters. The van der Waals surface area contributed by atoms with Gasteiger partial charge in [0.2, 0.25) is 5.91 Å². The van der Waals surface area contributed by atoms with Gasteiger partial charge in [-0.1, -0.05) is 41.0 Å². The van der Waals surface area contributed by atoms with E-state index in [1.807, 2.05) is 13.2 Å². The molecule has 0 radical (unpaired) electrons. The van der Waals surface area contributed by atoms with Gasteiger partial charge in [-0.2, -0.15) is 6.42 Å². The van der Waals surface area contributed by atoms with E-state index in [4.69, 9.17) is 0 Å². The van der Waals surface area contributed by atoms with Crippen molar-refractivity contribution >= 4 is 12.2 Å². The Kier molecular flexibility index (Phi) is 16.1. The van der Waals surface area contributed by atoms with Crippen LogP contribution in [0.3, 0.4) is 0 Å². The van der Waals surface area contributed by atoms with Crippen LogP contribution in [0.1, 0.15) is 79.6 Å². The van der Waals surface area contributed by atoms with Crippen LogP contribution in [-0.2, 0) is 9.59 Å². The molecule has 27 heavy (non-hydrogen) atoms. The molecule has 2 rings (SSSR count). The minimum absolute atomic E-state index is 0. The summed E-state index contributed by atoms with van der Waals surface area (Å²) in [6.45, 7) is 14.4. The number of piperidine rings is 1. The zero-order valence-electron chi connectivity index (χ0n) is 18.2. The SMILES string of the molecule is CC(C)(C)C.O=C(C1CCC1)N1CCCC(F)(F)C1.[CH2-]CCC(C)[C-]=O.[K+]. The number of nitrogens with zero attached hydrogens (tertiary/aromatic N) is 1. The van der Waals surface area contributed by atoms with Crippen molar-refractivity contribution in [2.24, 2.45) is 17.3 Å². The second kappa shape index (κ2) is 14.6. The molecule has 1 saturated heterocycles. The maximum Gasteiger partial charge on any atom is 1.00 e. The van der Waals surface area contributed by atoms with Crippen molar-refractivity contribution in [2.75, 3.05) is 13.1 Å². The third-order valence-corrected chi connectivity index (χ3v) is 4.00. The summed E-state index contributed by atoms with van der Waals surface area (Å²) < 4.78 is 26.0. The second-order valence-corrected chi connectivity index (χ2v) is 9.01. The number of halogens is 2. The summed E-state index contributed by atoms with van der Waals surface area (Å²) in [5.41, 5.74) is 0.500. The molecule has 2 aliphatic rings. The molecule has 2 fully saturated rings. The van der Waals surface area contributed by atoms with Gasteiger partial charge in [0.15, 0.2) is 0 Å². The number of rotatable bonds is 4. The number of likely N-dealkylation sites (tertiary alicyclic amines) is 1. The zero-order valence-corrected chi connectivity index (χ0v) is 21.4. The first-order valence-corrected chi connectivity index (χ1v) is 9.73. The fraction of sp³-hybridized carbons (Fsp3) is 0.857. The summed E-state index contributed by atoms with van der Waals surface area (Å²) in [7, 11) is 0. The van der Waals surface area contributed by atoms with Crippen molar-refractivity contribution in [3.05, 3.63) is 6.92 Å². The molecule has 1 aliphatic heterocycles. The number of carbonyl (C=O) groups is 1. The molecule has 154 valence electrons. The molecule has 1 saturated carbocycles. The van der Waals surface area contributed by atoms with E-state index in [1.165, 1.54) is 4.90 Å². The fourth-order valence-corrected chi connectivity index (χ4v) is 2.43. The minimum atomic E-state index is -2.66. The predicted octanol–water partition coefficient (Wildman–Crippen LogP) is 2.45. The van der Waals surface area contributed by atoms with Crippen LogP contribution in [0.5, 0.6) is 0 Å². The quantitative estimate of drug-likeness (QED) is 0.525. The van der Waals surface area contributed by atoms with E-state index < -0.39 is 5.92 Å². The van der Waals surface area contributed by atoms with Crippen molar-refractivity contribution in [1.82, 2.24) is 4.90 Å². The van der Waals surface area contributed by atoms with E-state index in [0.717, 1.165) is 32.1 Å². The predicted molar refractivity (Wildman–Crippen MR) is 103 cm³/mol. The zero-order chi connectivity index (χ0) is 20.4. The molecule has 6 heteroatoms. The molecule has 0 aromatic rings. The average Bonchev–Trinajstić information content (AvgIpc) is 2.43. The van der Waals surface area contributed by atoms with Crippen LogP contribution in [-0.4, -0.2) is 36.1 Å². The van der Waals surface area contributed by atoms with Crippen molar-refractivity contribution in [2.45, 2.75) is 85.5 Å². The standard InChI is InChI=1S/C10H15F2NO.C6H10O.C5H12.K/c11-10(12)5-2-6-13(7-10)9(14)8-3-1-4-8;1-3-4-6(2)5-7;1-5(2,3)4;/h8H,1-7H2;6H,1,3-4H2,2H3;1-4H3;/q;-2;;+1. The van der Waals surface area contributed by atoms with E-state index >= 15 is 0 Å². The maximum atomic E-state index is 13.0. The van der Waals surface area contributed by atoms with Gasteiger partial charge in [0.25, 0.3) is 5.92 Å². The molecule has 1 aliphatic carbocycles. The number of amides is 1. The van der Waals surface area contributed by atoms with Crippen molar-refractivity contribution in [1.29, 1.82) is 0 Å². The average molecular weight is 413 g/mol. The summed E-state index contributed by atoms with van der Waals surface area (Å²) in [4.78, 5) is 22.8. The Balaban J connectivity index is 0. The Labute approximate surface area is 207 Å². The van der Waals surface area contributed by atoms with Crippen LogP contribution in [0, 0.1) is 24.2 Å². The normalized spacial score (nSPS) is 19.8. The summed E-state index contributed by atoms with van der Waals surface area (Å²) in [5, 5.41) is 0. The minimum Gasteiger partial charge on any atom is -0.542 e. The second-order valence-electron chi connectivity index (χ2n) is 9.01. The Hall–Kier alpha value is 0.636. The molecule has 1 heterocycles. The Morgan fingerprint density at radius 3 is 2.07 bits per heavy atom. The molecule has 0 bridgehead atoms. The monoisotopic (exact) mass is 412 g/mol. The van der Waals surface area contributed by atoms with Crippen LogP contribution in [0.25, 0.3) is 0 Å². The topological polar surface area (TPSA) is 37.4 Å². The first-order chi connectivity index (χ1) is 11.9. The molecule has 0 aromatic heterocycles. The number of alkyl halides is 2. The van der Waals surface area contributed by atoms with Crippen LogP contribution in [0.4, 0.5) is 8.78 Å². The summed E-state index contributed by atoms with van der Waals surface area (Å²) in [5.74, 6) is -2.57. The summed E-state index contributed by atoms with van der Waals surface area (Å²) in [6.07, 6.45) is 6.79. The molecule has 1 unspecified atom stereocenters. The maximum absolute atomic E-state index is 13.0. The van der Waals surface area contributed by atoms with Gasteiger partial charge >= 0.3 is 51.4 Å². The van der Waals surface area contributed by atoms with E-state index in [1.54, 1.807) is 0 Å². The fourth-order valence-electron chi connectivity index (χ4n) is 2.43. The summed E-state index contributed by atoms with van der Waals surface area (Å²) >= 11 is 0. The van der Waals surface area contributed by atoms with Crippen LogP contribution < -0.4 is 51.4 Å². The Bertz CT molecular complexity index is 415. The Morgan fingerprint density at radius 2 is 1.78 bits per heavy atom. The number of hydrogen-bond acceptors (Lipinski definition) is 2. The van der Waals surface area contributed by atoms with E-state index in [0.29, 0.717) is 18.4 Å². The molecule has 0 spiro atoms. The van der Waals surface area contributed by atoms with E-state index in [9.17, 15) is 18.4 Å². The molecule has 3 nitrogen and oxygen atoms in total. The van der Waals surface area contributed by atoms with Gasteiger partial charge in [0, 0.05) is 18.9 Å². The third kappa shape index (κ3) is 16.2.